The maximum absolute atomic E-state index is 14.2. The number of fused-ring (bicyclic) bond motifs is 3. The van der Waals surface area contributed by atoms with Crippen molar-refractivity contribution in [1.82, 2.24) is 68.8 Å². The number of benzene rings is 3. The Morgan fingerprint density at radius 1 is 0.444 bits per heavy atom. The van der Waals surface area contributed by atoms with Gasteiger partial charge in [-0.25, -0.2) is 73.9 Å². The molecule has 126 heavy (non-hydrogen) atoms. The van der Waals surface area contributed by atoms with Crippen LogP contribution < -0.4 is 32.5 Å². The van der Waals surface area contributed by atoms with Gasteiger partial charge in [-0.2, -0.15) is 0 Å². The van der Waals surface area contributed by atoms with Gasteiger partial charge in [-0.15, -0.1) is 0 Å². The van der Waals surface area contributed by atoms with E-state index < -0.39 is 112 Å². The molecule has 38 nitrogen and oxygen atoms in total. The van der Waals surface area contributed by atoms with E-state index in [1.54, 1.807) is 158 Å². The third-order valence-electron chi connectivity index (χ3n) is 18.0. The van der Waals surface area contributed by atoms with Crippen molar-refractivity contribution in [2.75, 3.05) is 69.3 Å². The number of imidazole rings is 3. The summed E-state index contributed by atoms with van der Waals surface area (Å²) >= 11 is 0. The number of anilines is 3. The van der Waals surface area contributed by atoms with Gasteiger partial charge in [0.2, 0.25) is 0 Å². The number of halogens is 1. The van der Waals surface area contributed by atoms with E-state index in [-0.39, 0.29) is 87.3 Å². The second kappa shape index (κ2) is 47.6. The molecule has 0 aliphatic carbocycles. The van der Waals surface area contributed by atoms with Crippen LogP contribution in [0.15, 0.2) is 111 Å². The van der Waals surface area contributed by atoms with Crippen LogP contribution in [-0.2, 0) is 123 Å². The number of carbonyl (C=O) groups excluding carboxylic acids is 6. The number of rotatable bonds is 47. The van der Waals surface area contributed by atoms with Gasteiger partial charge < -0.3 is 87.1 Å². The number of ether oxygens (including phenoxy) is 9. The van der Waals surface area contributed by atoms with E-state index in [4.69, 9.17) is 73.4 Å². The van der Waals surface area contributed by atoms with Gasteiger partial charge in [0.15, 0.2) is 28.6 Å². The van der Waals surface area contributed by atoms with Crippen LogP contribution in [0.5, 0.6) is 0 Å². The Morgan fingerprint density at radius 2 is 0.810 bits per heavy atom. The van der Waals surface area contributed by atoms with Crippen LogP contribution >= 0.6 is 22.6 Å². The zero-order valence-electron chi connectivity index (χ0n) is 74.8. The van der Waals surface area contributed by atoms with Crippen molar-refractivity contribution in [3.8, 4) is 0 Å². The molecule has 0 bridgehead atoms. The van der Waals surface area contributed by atoms with Crippen LogP contribution in [0.25, 0.3) is 33.5 Å². The Hall–Kier alpha value is -10.1. The van der Waals surface area contributed by atoms with Crippen LogP contribution in [0.3, 0.4) is 0 Å². The molecule has 0 aliphatic heterocycles. The Kier molecular flexibility index (Phi) is 38.9. The fourth-order valence-corrected chi connectivity index (χ4v) is 17.8. The Bertz CT molecular complexity index is 5070. The first-order valence-electron chi connectivity index (χ1n) is 41.3. The SMILES string of the molecule is CCCOC(=O)C(C)(C)N[P@@](=O)(CO[C@H](C)Cn1cnc2c(N)ncnc21)OCCc1cccc(C(=O)OC(C)C)c1.CCCOC(=O)C(C)(C)N[P@](=O)(CO[C@H](C)Cn1cnc2c(N)ccnc21)OCc1ccc(F)cc1C(=O)OC(C)C.CCCOC(=O)C(C)(C)N[P@](=O)(CO[C@H](C)Cn1cnc2c(N)ncnc21)OCCc1cccc(C(=O)OC(C)C)c1. The maximum Gasteiger partial charge on any atom is 0.338 e. The largest absolute Gasteiger partial charge is 0.464 e. The van der Waals surface area contributed by atoms with E-state index in [9.17, 15) is 46.9 Å². The Balaban J connectivity index is 0.000000259. The molecule has 0 amide bonds. The predicted molar refractivity (Wildman–Crippen MR) is 471 cm³/mol. The molecule has 0 unspecified atom stereocenters. The summed E-state index contributed by atoms with van der Waals surface area (Å²) in [5.74, 6) is -3.43. The average Bonchev–Trinajstić information content (AvgIpc) is 1.41. The number of pyridine rings is 1. The molecule has 0 saturated heterocycles. The summed E-state index contributed by atoms with van der Waals surface area (Å²) in [4.78, 5) is 109. The zero-order chi connectivity index (χ0) is 92.9. The van der Waals surface area contributed by atoms with Crippen molar-refractivity contribution >= 4 is 109 Å². The Morgan fingerprint density at radius 3 is 1.19 bits per heavy atom. The molecule has 0 radical (unpaired) electrons. The molecule has 0 aliphatic rings. The number of esters is 6. The molecular weight excluding hydrogens is 1690 g/mol. The lowest BCUT2D eigenvalue weighted by Crippen LogP contribution is -2.47. The lowest BCUT2D eigenvalue weighted by atomic mass is 10.1. The summed E-state index contributed by atoms with van der Waals surface area (Å²) in [6.45, 7) is 32.2. The second-order valence-electron chi connectivity index (χ2n) is 32.1. The lowest BCUT2D eigenvalue weighted by Gasteiger charge is -2.30. The molecule has 42 heteroatoms. The highest BCUT2D eigenvalue weighted by Crippen LogP contribution is 2.48. The highest BCUT2D eigenvalue weighted by molar-refractivity contribution is 7.57. The predicted octanol–water partition coefficient (Wildman–Crippen LogP) is 13.0. The Labute approximate surface area is 732 Å². The second-order valence-corrected chi connectivity index (χ2v) is 38.3. The van der Waals surface area contributed by atoms with Gasteiger partial charge in [-0.1, -0.05) is 51.1 Å². The number of nitrogens with one attached hydrogen (secondary N) is 3. The molecule has 9 aromatic rings. The van der Waals surface area contributed by atoms with Gasteiger partial charge in [-0.3, -0.25) is 28.1 Å². The van der Waals surface area contributed by atoms with E-state index in [0.29, 0.717) is 102 Å². The first-order chi connectivity index (χ1) is 59.4. The summed E-state index contributed by atoms with van der Waals surface area (Å²) in [6, 6.07) is 19.1. The van der Waals surface area contributed by atoms with Gasteiger partial charge in [0.05, 0.1) is 137 Å². The molecule has 6 aromatic heterocycles. The van der Waals surface area contributed by atoms with Crippen molar-refractivity contribution < 1.29 is 103 Å². The summed E-state index contributed by atoms with van der Waals surface area (Å²) in [5, 5.41) is 8.53. The molecular formula is C84H121FN17O21P3. The van der Waals surface area contributed by atoms with E-state index in [2.05, 4.69) is 55.1 Å². The van der Waals surface area contributed by atoms with Gasteiger partial charge in [0, 0.05) is 6.20 Å². The summed E-state index contributed by atoms with van der Waals surface area (Å²) in [7, 11) is -11.5. The summed E-state index contributed by atoms with van der Waals surface area (Å²) in [6.07, 6.45) is 8.32. The third kappa shape index (κ3) is 31.7. The van der Waals surface area contributed by atoms with Crippen LogP contribution in [0.2, 0.25) is 0 Å². The quantitative estimate of drug-likeness (QED) is 0.0117. The zero-order valence-corrected chi connectivity index (χ0v) is 77.5. The van der Waals surface area contributed by atoms with E-state index in [0.717, 1.165) is 23.3 Å². The van der Waals surface area contributed by atoms with Crippen LogP contribution in [0, 0.1) is 5.82 Å². The number of hydrogen-bond donors (Lipinski definition) is 6. The van der Waals surface area contributed by atoms with E-state index >= 15 is 0 Å². The number of nitrogen functional groups attached to an aromatic ring is 3. The minimum absolute atomic E-state index is 0.0349. The van der Waals surface area contributed by atoms with Crippen LogP contribution in [0.4, 0.5) is 21.7 Å². The molecule has 6 heterocycles. The lowest BCUT2D eigenvalue weighted by molar-refractivity contribution is -0.150. The summed E-state index contributed by atoms with van der Waals surface area (Å²) < 4.78 is 129. The van der Waals surface area contributed by atoms with E-state index in [1.165, 1.54) is 32.6 Å². The highest BCUT2D eigenvalue weighted by Gasteiger charge is 2.42. The van der Waals surface area contributed by atoms with Crippen molar-refractivity contribution in [2.45, 2.75) is 236 Å². The molecule has 9 N–H and O–H groups in total. The fraction of sp³-hybridized carbons (Fsp3) is 0.524. The molecule has 690 valence electrons. The molecule has 0 saturated carbocycles. The minimum atomic E-state index is -3.96. The monoisotopic (exact) mass is 1820 g/mol. The normalized spacial score (nSPS) is 14.1. The number of nitrogens with zero attached hydrogens (tertiary/aromatic N) is 11. The van der Waals surface area contributed by atoms with Gasteiger partial charge in [-0.05, 0) is 195 Å². The minimum Gasteiger partial charge on any atom is -0.464 e. The van der Waals surface area contributed by atoms with Crippen LogP contribution in [-0.4, -0.2) is 195 Å². The van der Waals surface area contributed by atoms with Crippen molar-refractivity contribution in [2.24, 2.45) is 0 Å². The smallest absolute Gasteiger partial charge is 0.338 e. The first-order valence-corrected chi connectivity index (χ1v) is 46.8. The van der Waals surface area contributed by atoms with Crippen molar-refractivity contribution in [1.29, 1.82) is 0 Å². The standard InChI is InChI=1S/C28H39FN5O7P.2C28H41N6O7P/c1-7-12-38-27(36)28(5,6)33-42(37,40-15-20-8-9-21(29)13-22(20)26(35)41-18(2)3)17-39-19(4)14-34-16-32-24-23(30)10-11-31-25(24)34;2*1-7-12-38-27(36)28(5,6)33-42(37,40-13-11-21-9-8-10-22(14-21)26(35)41-19(2)3)18-39-20(4)15-34-17-32-23-24(29)30-16-31-25(23)34/h8-11,13,16,18-19H,7,12,14-15,17H2,1-6H3,(H2,30,31)(H,33,37);2*8-10,14,16-17,19-20H,7,11-13,15,18H2,1-6H3,(H,33,37)(H2,29,30,31)/t19-,42+;20-,42+;20-,42-/m111/s1. The highest BCUT2D eigenvalue weighted by atomic mass is 31.2. The topological polar surface area (TPSA) is 496 Å². The van der Waals surface area contributed by atoms with Crippen LogP contribution in [0.1, 0.15) is 192 Å². The number of nitrogens with two attached hydrogens (primary N) is 3. The summed E-state index contributed by atoms with van der Waals surface area (Å²) in [5.41, 5.74) is 20.0. The average molecular weight is 1820 g/mol. The van der Waals surface area contributed by atoms with Crippen molar-refractivity contribution in [3.63, 3.8) is 0 Å². The van der Waals surface area contributed by atoms with E-state index in [1.807, 2.05) is 46.8 Å². The van der Waals surface area contributed by atoms with Crippen molar-refractivity contribution in [3.05, 3.63) is 150 Å². The van der Waals surface area contributed by atoms with Gasteiger partial charge in [0.25, 0.3) is 22.6 Å². The molecule has 9 rings (SSSR count). The fourth-order valence-electron chi connectivity index (χ4n) is 11.9. The molecule has 0 fully saturated rings. The third-order valence-corrected chi connectivity index (χ3v) is 23.9. The number of carbonyl (C=O) groups is 6. The van der Waals surface area contributed by atoms with Gasteiger partial charge >= 0.3 is 35.8 Å². The molecule has 0 spiro atoms. The molecule has 3 aromatic carbocycles. The number of hydrogen-bond acceptors (Lipinski definition) is 32. The maximum atomic E-state index is 14.2. The molecule has 6 atom stereocenters. The first kappa shape index (κ1) is 103. The number of aromatic nitrogens is 11. The van der Waals surface area contributed by atoms with Gasteiger partial charge in [0.1, 0.15) is 70.7 Å².